The van der Waals surface area contributed by atoms with Gasteiger partial charge in [-0.2, -0.15) is 6.07 Å². The summed E-state index contributed by atoms with van der Waals surface area (Å²) in [4.78, 5) is 0. The van der Waals surface area contributed by atoms with Crippen molar-refractivity contribution in [3.05, 3.63) is 84.4 Å². The summed E-state index contributed by atoms with van der Waals surface area (Å²) in [5.41, 5.74) is 7.42. The van der Waals surface area contributed by atoms with E-state index in [1.165, 1.54) is 21.5 Å². The molecule has 106 valence electrons. The van der Waals surface area contributed by atoms with Gasteiger partial charge in [0.2, 0.25) is 0 Å². The topological polar surface area (TPSA) is 26.0 Å². The highest BCUT2D eigenvalue weighted by Crippen LogP contribution is 2.35. The smallest absolute Gasteiger partial charge is 0.0171 e. The summed E-state index contributed by atoms with van der Waals surface area (Å²) in [5, 5.41) is 4.11. The molecular formula is C19H19NP-. The lowest BCUT2D eigenvalue weighted by Gasteiger charge is -2.26. The Morgan fingerprint density at radius 3 is 1.81 bits per heavy atom. The van der Waals surface area contributed by atoms with Gasteiger partial charge in [0.25, 0.3) is 0 Å². The molecule has 2 N–H and O–H groups in total. The van der Waals surface area contributed by atoms with Gasteiger partial charge in [-0.05, 0) is 24.6 Å². The van der Waals surface area contributed by atoms with Gasteiger partial charge in [0, 0.05) is 0 Å². The number of hydrogen-bond acceptors (Lipinski definition) is 1. The van der Waals surface area contributed by atoms with E-state index in [0.29, 0.717) is 0 Å². The second-order valence-electron chi connectivity index (χ2n) is 5.16. The third-order valence-electron chi connectivity index (χ3n) is 3.59. The molecule has 0 saturated heterocycles. The van der Waals surface area contributed by atoms with E-state index in [9.17, 15) is 0 Å². The van der Waals surface area contributed by atoms with Crippen LogP contribution in [0, 0.1) is 0 Å². The monoisotopic (exact) mass is 292 g/mol. The van der Waals surface area contributed by atoms with E-state index in [1.807, 2.05) is 0 Å². The summed E-state index contributed by atoms with van der Waals surface area (Å²) < 4.78 is 0. The van der Waals surface area contributed by atoms with Crippen LogP contribution in [-0.4, -0.2) is 0 Å². The zero-order valence-electron chi connectivity index (χ0n) is 12.1. The molecule has 0 fully saturated rings. The lowest BCUT2D eigenvalue weighted by atomic mass is 10.2. The first-order chi connectivity index (χ1) is 10.3. The van der Waals surface area contributed by atoms with Gasteiger partial charge in [-0.15, -0.1) is 10.9 Å². The van der Waals surface area contributed by atoms with Gasteiger partial charge in [-0.3, -0.25) is 0 Å². The molecule has 3 aromatic rings. The SMILES string of the molecule is C[C@@H](N)[c-]1cccc1P(c1ccccc1)c1ccccc1. The molecule has 0 aromatic heterocycles. The van der Waals surface area contributed by atoms with Gasteiger partial charge in [-0.1, -0.05) is 67.6 Å². The van der Waals surface area contributed by atoms with Crippen LogP contribution in [0.25, 0.3) is 0 Å². The first kappa shape index (κ1) is 14.1. The van der Waals surface area contributed by atoms with E-state index in [-0.39, 0.29) is 6.04 Å². The molecule has 1 nitrogen and oxygen atoms in total. The molecule has 1 atom stereocenters. The number of rotatable bonds is 4. The Labute approximate surface area is 127 Å². The molecule has 0 amide bonds. The molecule has 0 spiro atoms. The van der Waals surface area contributed by atoms with Crippen molar-refractivity contribution in [2.75, 3.05) is 0 Å². The second-order valence-corrected chi connectivity index (χ2v) is 7.35. The molecule has 0 radical (unpaired) electrons. The van der Waals surface area contributed by atoms with Crippen LogP contribution in [0.2, 0.25) is 0 Å². The molecule has 0 aliphatic heterocycles. The van der Waals surface area contributed by atoms with Gasteiger partial charge in [0.1, 0.15) is 0 Å². The van der Waals surface area contributed by atoms with Gasteiger partial charge in [0.15, 0.2) is 0 Å². The predicted molar refractivity (Wildman–Crippen MR) is 93.3 cm³/mol. The summed E-state index contributed by atoms with van der Waals surface area (Å²) in [5.74, 6) is 0. The van der Waals surface area contributed by atoms with Gasteiger partial charge in [0.05, 0.1) is 0 Å². The maximum Gasteiger partial charge on any atom is -0.0171 e. The molecular weight excluding hydrogens is 273 g/mol. The van der Waals surface area contributed by atoms with Crippen LogP contribution in [-0.2, 0) is 0 Å². The standard InChI is InChI=1S/C19H19NP/c1-15(20)18-13-8-14-19(18)21(16-9-4-2-5-10-16)17-11-6-3-7-12-17/h2-15H,20H2,1H3/q-1/t15-/m1/s1. The van der Waals surface area contributed by atoms with Crippen molar-refractivity contribution >= 4 is 23.8 Å². The molecule has 3 rings (SSSR count). The summed E-state index contributed by atoms with van der Waals surface area (Å²) in [7, 11) is -0.542. The quantitative estimate of drug-likeness (QED) is 0.580. The normalized spacial score (nSPS) is 12.5. The van der Waals surface area contributed by atoms with Crippen LogP contribution in [0.1, 0.15) is 18.5 Å². The number of hydrogen-bond donors (Lipinski definition) is 1. The molecule has 0 heterocycles. The minimum atomic E-state index is -0.542. The van der Waals surface area contributed by atoms with Crippen molar-refractivity contribution in [2.24, 2.45) is 5.73 Å². The fraction of sp³-hybridized carbons (Fsp3) is 0.105. The van der Waals surface area contributed by atoms with Crippen molar-refractivity contribution in [2.45, 2.75) is 13.0 Å². The lowest BCUT2D eigenvalue weighted by molar-refractivity contribution is 0.827. The van der Waals surface area contributed by atoms with E-state index in [0.717, 1.165) is 0 Å². The first-order valence-electron chi connectivity index (χ1n) is 7.19. The fourth-order valence-electron chi connectivity index (χ4n) is 2.59. The Kier molecular flexibility index (Phi) is 4.24. The average molecular weight is 292 g/mol. The lowest BCUT2D eigenvalue weighted by Crippen LogP contribution is -2.24. The number of nitrogens with two attached hydrogens (primary N) is 1. The second kappa shape index (κ2) is 6.30. The maximum absolute atomic E-state index is 6.16. The molecule has 0 aliphatic rings. The van der Waals surface area contributed by atoms with Crippen molar-refractivity contribution in [3.8, 4) is 0 Å². The van der Waals surface area contributed by atoms with E-state index < -0.39 is 7.92 Å². The van der Waals surface area contributed by atoms with E-state index in [1.54, 1.807) is 0 Å². The minimum absolute atomic E-state index is 0.0624. The Morgan fingerprint density at radius 1 is 0.810 bits per heavy atom. The minimum Gasteiger partial charge on any atom is -0.334 e. The molecule has 3 aromatic carbocycles. The molecule has 0 saturated carbocycles. The van der Waals surface area contributed by atoms with Crippen molar-refractivity contribution in [1.82, 2.24) is 0 Å². The summed E-state index contributed by atoms with van der Waals surface area (Å²) >= 11 is 0. The van der Waals surface area contributed by atoms with Gasteiger partial charge < -0.3 is 5.73 Å². The highest BCUT2D eigenvalue weighted by atomic mass is 31.1. The fourth-order valence-corrected chi connectivity index (χ4v) is 5.16. The Bertz CT molecular complexity index is 646. The highest BCUT2D eigenvalue weighted by Gasteiger charge is 2.15. The van der Waals surface area contributed by atoms with E-state index in [2.05, 4.69) is 85.8 Å². The van der Waals surface area contributed by atoms with Gasteiger partial charge >= 0.3 is 0 Å². The van der Waals surface area contributed by atoms with E-state index >= 15 is 0 Å². The van der Waals surface area contributed by atoms with Crippen LogP contribution in [0.5, 0.6) is 0 Å². The highest BCUT2D eigenvalue weighted by molar-refractivity contribution is 7.79. The third-order valence-corrected chi connectivity index (χ3v) is 6.10. The van der Waals surface area contributed by atoms with Crippen LogP contribution in [0.3, 0.4) is 0 Å². The van der Waals surface area contributed by atoms with Crippen LogP contribution >= 0.6 is 7.92 Å². The van der Waals surface area contributed by atoms with Crippen molar-refractivity contribution in [1.29, 1.82) is 0 Å². The largest absolute Gasteiger partial charge is 0.334 e. The molecule has 2 heteroatoms. The summed E-state index contributed by atoms with van der Waals surface area (Å²) in [6.07, 6.45) is 0. The van der Waals surface area contributed by atoms with Crippen molar-refractivity contribution in [3.63, 3.8) is 0 Å². The molecule has 0 aliphatic carbocycles. The molecule has 0 unspecified atom stereocenters. The van der Waals surface area contributed by atoms with Crippen LogP contribution < -0.4 is 21.6 Å². The van der Waals surface area contributed by atoms with Crippen LogP contribution in [0.15, 0.2) is 78.9 Å². The van der Waals surface area contributed by atoms with Crippen molar-refractivity contribution < 1.29 is 0 Å². The predicted octanol–water partition coefficient (Wildman–Crippen LogP) is 3.18. The maximum atomic E-state index is 6.16. The number of benzene rings is 2. The summed E-state index contributed by atoms with van der Waals surface area (Å²) in [6, 6.07) is 28.0. The van der Waals surface area contributed by atoms with E-state index in [4.69, 9.17) is 5.73 Å². The Hall–Kier alpha value is -1.82. The average Bonchev–Trinajstić information content (AvgIpc) is 2.99. The zero-order chi connectivity index (χ0) is 14.7. The Balaban J connectivity index is 2.15. The van der Waals surface area contributed by atoms with Gasteiger partial charge in [-0.25, -0.2) is 12.1 Å². The first-order valence-corrected chi connectivity index (χ1v) is 8.53. The third kappa shape index (κ3) is 2.95. The molecule has 0 bridgehead atoms. The molecule has 21 heavy (non-hydrogen) atoms. The zero-order valence-corrected chi connectivity index (χ0v) is 13.0. The van der Waals surface area contributed by atoms with Crippen LogP contribution in [0.4, 0.5) is 0 Å². The Morgan fingerprint density at radius 2 is 1.33 bits per heavy atom. The summed E-state index contributed by atoms with van der Waals surface area (Å²) in [6.45, 7) is 2.06.